The lowest BCUT2D eigenvalue weighted by Crippen LogP contribution is -2.60. The Kier molecular flexibility index (Phi) is 7.44. The number of carbonyl (C=O) groups is 2. The van der Waals surface area contributed by atoms with Gasteiger partial charge in [-0.05, 0) is 42.3 Å². The summed E-state index contributed by atoms with van der Waals surface area (Å²) >= 11 is 0. The molecule has 9 nitrogen and oxygen atoms in total. The number of nitrogens with one attached hydrogen (secondary N) is 1. The number of halogens is 2. The standard InChI is InChI=1S/C32H33F2N7O2/c1-19-14-39(25(13-36-19)16-40-15-22-5-4-20(12-35)8-26(22)31(40)43)17-29(42)41-18-32(2,3)30-28(41)11-24(37-38-30)9-21-6-7-23(33)10-27(21)34/h4-8,10-11,19,25,36H,9,13-18H2,1-3H3/t19-,25-/m1/s1. The first kappa shape index (κ1) is 28.8. The van der Waals surface area contributed by atoms with E-state index in [1.807, 2.05) is 19.9 Å². The molecule has 43 heavy (non-hydrogen) atoms. The highest BCUT2D eigenvalue weighted by molar-refractivity contribution is 5.99. The van der Waals surface area contributed by atoms with Crippen LogP contribution in [-0.2, 0) is 23.2 Å². The van der Waals surface area contributed by atoms with Crippen molar-refractivity contribution in [1.29, 1.82) is 5.26 Å². The van der Waals surface area contributed by atoms with Crippen LogP contribution >= 0.6 is 0 Å². The number of anilines is 1. The molecule has 0 unspecified atom stereocenters. The molecule has 11 heteroatoms. The van der Waals surface area contributed by atoms with Gasteiger partial charge < -0.3 is 15.1 Å². The number of rotatable bonds is 6. The maximum Gasteiger partial charge on any atom is 0.254 e. The van der Waals surface area contributed by atoms with E-state index in [4.69, 9.17) is 0 Å². The van der Waals surface area contributed by atoms with Gasteiger partial charge in [-0.1, -0.05) is 26.0 Å². The number of fused-ring (bicyclic) bond motifs is 2. The third-order valence-corrected chi connectivity index (χ3v) is 8.61. The van der Waals surface area contributed by atoms with Crippen LogP contribution in [0.1, 0.15) is 59.2 Å². The predicted octanol–water partition coefficient (Wildman–Crippen LogP) is 3.16. The number of piperazine rings is 1. The van der Waals surface area contributed by atoms with Crippen LogP contribution in [0.3, 0.4) is 0 Å². The fourth-order valence-corrected chi connectivity index (χ4v) is 6.33. The molecule has 1 saturated heterocycles. The van der Waals surface area contributed by atoms with E-state index in [1.165, 1.54) is 12.1 Å². The molecule has 2 aromatic carbocycles. The minimum atomic E-state index is -0.653. The molecule has 3 aromatic rings. The van der Waals surface area contributed by atoms with E-state index >= 15 is 0 Å². The average Bonchev–Trinajstić information content (AvgIpc) is 3.43. The van der Waals surface area contributed by atoms with Gasteiger partial charge in [0.2, 0.25) is 5.91 Å². The van der Waals surface area contributed by atoms with Crippen molar-refractivity contribution >= 4 is 17.5 Å². The second-order valence-electron chi connectivity index (χ2n) is 12.4. The maximum absolute atomic E-state index is 14.3. The zero-order valence-corrected chi connectivity index (χ0v) is 24.4. The summed E-state index contributed by atoms with van der Waals surface area (Å²) in [6, 6.07) is 12.6. The second kappa shape index (κ2) is 11.1. The van der Waals surface area contributed by atoms with Crippen molar-refractivity contribution in [2.75, 3.05) is 37.6 Å². The number of hydrogen-bond donors (Lipinski definition) is 1. The summed E-state index contributed by atoms with van der Waals surface area (Å²) in [7, 11) is 0. The molecule has 4 heterocycles. The Morgan fingerprint density at radius 1 is 1.16 bits per heavy atom. The fourth-order valence-electron chi connectivity index (χ4n) is 6.33. The van der Waals surface area contributed by atoms with E-state index in [-0.39, 0.29) is 36.9 Å². The van der Waals surface area contributed by atoms with E-state index in [9.17, 15) is 23.6 Å². The minimum Gasteiger partial charge on any atom is -0.333 e. The molecule has 0 saturated carbocycles. The Labute approximate surface area is 249 Å². The molecule has 2 amide bonds. The van der Waals surface area contributed by atoms with Gasteiger partial charge in [-0.2, -0.15) is 15.5 Å². The van der Waals surface area contributed by atoms with Crippen molar-refractivity contribution in [3.63, 3.8) is 0 Å². The van der Waals surface area contributed by atoms with Gasteiger partial charge in [-0.15, -0.1) is 0 Å². The van der Waals surface area contributed by atoms with Crippen LogP contribution in [0.5, 0.6) is 0 Å². The number of nitriles is 1. The van der Waals surface area contributed by atoms with Gasteiger partial charge in [-0.25, -0.2) is 8.78 Å². The van der Waals surface area contributed by atoms with Crippen molar-refractivity contribution in [2.45, 2.75) is 51.2 Å². The van der Waals surface area contributed by atoms with Gasteiger partial charge in [0.15, 0.2) is 0 Å². The first-order valence-corrected chi connectivity index (χ1v) is 14.4. The van der Waals surface area contributed by atoms with Crippen LogP contribution < -0.4 is 10.2 Å². The first-order chi connectivity index (χ1) is 20.5. The lowest BCUT2D eigenvalue weighted by molar-refractivity contribution is -0.120. The van der Waals surface area contributed by atoms with E-state index < -0.39 is 17.0 Å². The van der Waals surface area contributed by atoms with E-state index in [1.54, 1.807) is 28.0 Å². The largest absolute Gasteiger partial charge is 0.333 e. The topological polar surface area (TPSA) is 105 Å². The van der Waals surface area contributed by atoms with Crippen molar-refractivity contribution in [1.82, 2.24) is 25.3 Å². The Morgan fingerprint density at radius 2 is 1.98 bits per heavy atom. The van der Waals surface area contributed by atoms with E-state index in [0.29, 0.717) is 66.5 Å². The van der Waals surface area contributed by atoms with Crippen molar-refractivity contribution in [2.24, 2.45) is 0 Å². The third kappa shape index (κ3) is 5.60. The highest BCUT2D eigenvalue weighted by Gasteiger charge is 2.42. The quantitative estimate of drug-likeness (QED) is 0.474. The van der Waals surface area contributed by atoms with Crippen LogP contribution in [0.4, 0.5) is 14.5 Å². The van der Waals surface area contributed by atoms with Gasteiger partial charge in [-0.3, -0.25) is 14.5 Å². The van der Waals surface area contributed by atoms with Crippen LogP contribution in [0.15, 0.2) is 42.5 Å². The molecule has 0 bridgehead atoms. The zero-order chi connectivity index (χ0) is 30.5. The van der Waals surface area contributed by atoms with Crippen LogP contribution in [0.25, 0.3) is 0 Å². The van der Waals surface area contributed by atoms with Crippen LogP contribution in [0, 0.1) is 23.0 Å². The van der Waals surface area contributed by atoms with Crippen molar-refractivity contribution in [3.8, 4) is 6.07 Å². The monoisotopic (exact) mass is 585 g/mol. The summed E-state index contributed by atoms with van der Waals surface area (Å²) in [5.74, 6) is -1.49. The Bertz CT molecular complexity index is 1650. The number of hydrogen-bond acceptors (Lipinski definition) is 7. The molecule has 2 atom stereocenters. The molecular formula is C32H33F2N7O2. The molecule has 1 N–H and O–H groups in total. The highest BCUT2D eigenvalue weighted by Crippen LogP contribution is 2.39. The predicted molar refractivity (Wildman–Crippen MR) is 155 cm³/mol. The SMILES string of the molecule is C[C@@H]1CN(CC(=O)N2CC(C)(C)c3nnc(Cc4ccc(F)cc4F)cc32)[C@@H](CN2Cc3ccc(C#N)cc3C2=O)CN1. The molecule has 3 aliphatic rings. The van der Waals surface area contributed by atoms with Gasteiger partial charge in [0.25, 0.3) is 5.91 Å². The van der Waals surface area contributed by atoms with Crippen molar-refractivity contribution < 1.29 is 18.4 Å². The lowest BCUT2D eigenvalue weighted by Gasteiger charge is -2.41. The number of carbonyl (C=O) groups excluding carboxylic acids is 2. The minimum absolute atomic E-state index is 0.0866. The van der Waals surface area contributed by atoms with Gasteiger partial charge in [0, 0.05) is 68.3 Å². The van der Waals surface area contributed by atoms with E-state index in [0.717, 1.165) is 11.6 Å². The lowest BCUT2D eigenvalue weighted by atomic mass is 9.91. The summed E-state index contributed by atoms with van der Waals surface area (Å²) in [4.78, 5) is 32.8. The fraction of sp³-hybridized carbons (Fsp3) is 0.406. The number of aromatic nitrogens is 2. The Morgan fingerprint density at radius 3 is 2.74 bits per heavy atom. The Balaban J connectivity index is 1.20. The molecule has 0 radical (unpaired) electrons. The molecule has 1 fully saturated rings. The van der Waals surface area contributed by atoms with Crippen molar-refractivity contribution in [3.05, 3.63) is 87.7 Å². The molecule has 0 spiro atoms. The first-order valence-electron chi connectivity index (χ1n) is 14.4. The summed E-state index contributed by atoms with van der Waals surface area (Å²) in [6.07, 6.45) is 0.119. The average molecular weight is 586 g/mol. The second-order valence-corrected chi connectivity index (χ2v) is 12.4. The van der Waals surface area contributed by atoms with Gasteiger partial charge in [0.05, 0.1) is 35.3 Å². The number of benzene rings is 2. The molecular weight excluding hydrogens is 552 g/mol. The number of nitrogens with zero attached hydrogens (tertiary/aromatic N) is 6. The van der Waals surface area contributed by atoms with Gasteiger partial charge in [0.1, 0.15) is 11.6 Å². The third-order valence-electron chi connectivity index (χ3n) is 8.61. The smallest absolute Gasteiger partial charge is 0.254 e. The molecule has 222 valence electrons. The Hall–Kier alpha value is -4.27. The van der Waals surface area contributed by atoms with Crippen LogP contribution in [-0.4, -0.2) is 76.6 Å². The molecule has 3 aliphatic heterocycles. The highest BCUT2D eigenvalue weighted by atomic mass is 19.1. The summed E-state index contributed by atoms with van der Waals surface area (Å²) in [5.41, 5.74) is 3.63. The normalized spacial score (nSPS) is 21.1. The number of amides is 2. The van der Waals surface area contributed by atoms with E-state index in [2.05, 4.69) is 33.4 Å². The summed E-state index contributed by atoms with van der Waals surface area (Å²) in [6.45, 7) is 8.85. The summed E-state index contributed by atoms with van der Waals surface area (Å²) in [5, 5.41) is 21.5. The van der Waals surface area contributed by atoms with Gasteiger partial charge >= 0.3 is 0 Å². The zero-order valence-electron chi connectivity index (χ0n) is 24.4. The molecule has 0 aliphatic carbocycles. The molecule has 6 rings (SSSR count). The van der Waals surface area contributed by atoms with Crippen LogP contribution in [0.2, 0.25) is 0 Å². The summed E-state index contributed by atoms with van der Waals surface area (Å²) < 4.78 is 27.8. The maximum atomic E-state index is 14.3. The molecule has 1 aromatic heterocycles.